The molecule has 0 radical (unpaired) electrons. The molecule has 0 N–H and O–H groups in total. The van der Waals surface area contributed by atoms with Crippen LogP contribution in [0.5, 0.6) is 0 Å². The highest BCUT2D eigenvalue weighted by Crippen LogP contribution is 2.18. The maximum Gasteiger partial charge on any atom is 0.237 e. The zero-order valence-electron chi connectivity index (χ0n) is 8.78. The number of amides is 1. The van der Waals surface area contributed by atoms with Gasteiger partial charge in [-0.2, -0.15) is 0 Å². The molecule has 4 nitrogen and oxygen atoms in total. The van der Waals surface area contributed by atoms with Crippen LogP contribution in [0, 0.1) is 0 Å². The van der Waals surface area contributed by atoms with E-state index >= 15 is 0 Å². The van der Waals surface area contributed by atoms with Crippen molar-refractivity contribution in [3.8, 4) is 0 Å². The van der Waals surface area contributed by atoms with Gasteiger partial charge >= 0.3 is 0 Å². The minimum Gasteiger partial charge on any atom is -0.338 e. The van der Waals surface area contributed by atoms with E-state index in [1.165, 1.54) is 0 Å². The van der Waals surface area contributed by atoms with Crippen molar-refractivity contribution in [3.05, 3.63) is 0 Å². The average Bonchev–Trinajstić information content (AvgIpc) is 2.54. The van der Waals surface area contributed by atoms with Gasteiger partial charge in [0.1, 0.15) is 5.88 Å². The summed E-state index contributed by atoms with van der Waals surface area (Å²) in [5.41, 5.74) is 0. The van der Waals surface area contributed by atoms with Crippen LogP contribution >= 0.6 is 11.6 Å². The third-order valence-corrected chi connectivity index (χ3v) is 4.53. The van der Waals surface area contributed by atoms with Crippen LogP contribution in [0.4, 0.5) is 0 Å². The largest absolute Gasteiger partial charge is 0.338 e. The lowest BCUT2D eigenvalue weighted by molar-refractivity contribution is -0.130. The second-order valence-corrected chi connectivity index (χ2v) is 6.27. The molecular weight excluding hydrogens is 238 g/mol. The summed E-state index contributed by atoms with van der Waals surface area (Å²) in [5.74, 6) is 0.0419. The van der Waals surface area contributed by atoms with Gasteiger partial charge < -0.3 is 4.90 Å². The molecule has 0 aromatic carbocycles. The molecule has 1 amide bonds. The van der Waals surface area contributed by atoms with E-state index in [0.29, 0.717) is 13.0 Å². The molecule has 15 heavy (non-hydrogen) atoms. The van der Waals surface area contributed by atoms with Crippen molar-refractivity contribution in [2.24, 2.45) is 0 Å². The van der Waals surface area contributed by atoms with E-state index in [-0.39, 0.29) is 29.3 Å². The predicted molar refractivity (Wildman–Crippen MR) is 59.8 cm³/mol. The number of alkyl halides is 1. The van der Waals surface area contributed by atoms with Crippen LogP contribution in [-0.2, 0) is 14.6 Å². The molecule has 6 heteroatoms. The Bertz CT molecular complexity index is 328. The fourth-order valence-corrected chi connectivity index (χ4v) is 3.73. The SMILES string of the molecule is CCCN(C(=O)CCl)[C@@H]1CCS(=O)(=O)C1. The Morgan fingerprint density at radius 2 is 2.20 bits per heavy atom. The molecule has 0 spiro atoms. The normalized spacial score (nSPS) is 24.0. The molecule has 1 saturated heterocycles. The number of hydrogen-bond acceptors (Lipinski definition) is 3. The summed E-state index contributed by atoms with van der Waals surface area (Å²) in [6.45, 7) is 2.55. The van der Waals surface area contributed by atoms with Gasteiger partial charge in [-0.25, -0.2) is 8.42 Å². The van der Waals surface area contributed by atoms with Gasteiger partial charge in [-0.15, -0.1) is 11.6 Å². The minimum absolute atomic E-state index is 0.0729. The highest BCUT2D eigenvalue weighted by Gasteiger charge is 2.33. The topological polar surface area (TPSA) is 54.5 Å². The first-order valence-electron chi connectivity index (χ1n) is 5.06. The molecule has 0 unspecified atom stereocenters. The maximum atomic E-state index is 11.5. The second-order valence-electron chi connectivity index (χ2n) is 3.78. The molecule has 0 aromatic heterocycles. The Hall–Kier alpha value is -0.290. The zero-order chi connectivity index (χ0) is 11.5. The fourth-order valence-electron chi connectivity index (χ4n) is 1.85. The first kappa shape index (κ1) is 12.8. The van der Waals surface area contributed by atoms with Crippen molar-refractivity contribution in [3.63, 3.8) is 0 Å². The number of nitrogens with zero attached hydrogens (tertiary/aromatic N) is 1. The van der Waals surface area contributed by atoms with Crippen molar-refractivity contribution < 1.29 is 13.2 Å². The van der Waals surface area contributed by atoms with E-state index < -0.39 is 9.84 Å². The molecule has 1 aliphatic rings. The summed E-state index contributed by atoms with van der Waals surface area (Å²) >= 11 is 5.49. The Morgan fingerprint density at radius 3 is 2.60 bits per heavy atom. The lowest BCUT2D eigenvalue weighted by Crippen LogP contribution is -2.42. The van der Waals surface area contributed by atoms with Gasteiger partial charge in [0.2, 0.25) is 5.91 Å². The van der Waals surface area contributed by atoms with E-state index in [0.717, 1.165) is 6.42 Å². The third-order valence-electron chi connectivity index (χ3n) is 2.55. The third kappa shape index (κ3) is 3.34. The van der Waals surface area contributed by atoms with Crippen LogP contribution in [0.1, 0.15) is 19.8 Å². The van der Waals surface area contributed by atoms with Crippen molar-refractivity contribution >= 4 is 27.3 Å². The molecule has 0 bridgehead atoms. The minimum atomic E-state index is -2.94. The fraction of sp³-hybridized carbons (Fsp3) is 0.889. The van der Waals surface area contributed by atoms with Crippen molar-refractivity contribution in [1.82, 2.24) is 4.90 Å². The number of sulfone groups is 1. The van der Waals surface area contributed by atoms with Crippen LogP contribution in [-0.4, -0.2) is 49.2 Å². The number of rotatable bonds is 4. The van der Waals surface area contributed by atoms with Gasteiger partial charge in [0.05, 0.1) is 11.5 Å². The van der Waals surface area contributed by atoms with Gasteiger partial charge in [-0.1, -0.05) is 6.92 Å². The number of carbonyl (C=O) groups is 1. The molecule has 1 heterocycles. The Kier molecular flexibility index (Phi) is 4.40. The van der Waals surface area contributed by atoms with Crippen LogP contribution in [0.2, 0.25) is 0 Å². The Morgan fingerprint density at radius 1 is 1.53 bits per heavy atom. The number of hydrogen-bond donors (Lipinski definition) is 0. The van der Waals surface area contributed by atoms with Crippen molar-refractivity contribution in [2.45, 2.75) is 25.8 Å². The Balaban J connectivity index is 2.69. The van der Waals surface area contributed by atoms with E-state index in [1.54, 1.807) is 4.90 Å². The molecule has 1 fully saturated rings. The van der Waals surface area contributed by atoms with Crippen LogP contribution in [0.3, 0.4) is 0 Å². The molecule has 0 aromatic rings. The second kappa shape index (κ2) is 5.16. The highest BCUT2D eigenvalue weighted by molar-refractivity contribution is 7.91. The van der Waals surface area contributed by atoms with Crippen molar-refractivity contribution in [2.75, 3.05) is 23.9 Å². The standard InChI is InChI=1S/C9H16ClNO3S/c1-2-4-11(9(12)6-10)8-3-5-15(13,14)7-8/h8H,2-7H2,1H3/t8-/m1/s1. The van der Waals surface area contributed by atoms with E-state index in [2.05, 4.69) is 0 Å². The summed E-state index contributed by atoms with van der Waals surface area (Å²) in [5, 5.41) is 0. The van der Waals surface area contributed by atoms with Crippen molar-refractivity contribution in [1.29, 1.82) is 0 Å². The molecule has 1 aliphatic heterocycles. The number of carbonyl (C=O) groups excluding carboxylic acids is 1. The summed E-state index contributed by atoms with van der Waals surface area (Å²) in [4.78, 5) is 13.1. The van der Waals surface area contributed by atoms with Gasteiger partial charge in [-0.05, 0) is 12.8 Å². The predicted octanol–water partition coefficient (Wildman–Crippen LogP) is 0.651. The first-order valence-corrected chi connectivity index (χ1v) is 7.41. The lowest BCUT2D eigenvalue weighted by Gasteiger charge is -2.27. The number of halogens is 1. The smallest absolute Gasteiger partial charge is 0.237 e. The molecule has 0 aliphatic carbocycles. The summed E-state index contributed by atoms with van der Waals surface area (Å²) in [7, 11) is -2.94. The summed E-state index contributed by atoms with van der Waals surface area (Å²) in [6.07, 6.45) is 1.37. The first-order chi connectivity index (χ1) is 7.00. The lowest BCUT2D eigenvalue weighted by atomic mass is 10.2. The van der Waals surface area contributed by atoms with Crippen LogP contribution in [0.25, 0.3) is 0 Å². The summed E-state index contributed by atoms with van der Waals surface area (Å²) in [6, 6.07) is -0.166. The average molecular weight is 254 g/mol. The van der Waals surface area contributed by atoms with E-state index in [9.17, 15) is 13.2 Å². The Labute approximate surface area is 95.5 Å². The van der Waals surface area contributed by atoms with Gasteiger partial charge in [0.25, 0.3) is 0 Å². The molecule has 0 saturated carbocycles. The van der Waals surface area contributed by atoms with Crippen LogP contribution in [0.15, 0.2) is 0 Å². The van der Waals surface area contributed by atoms with E-state index in [1.807, 2.05) is 6.92 Å². The summed E-state index contributed by atoms with van der Waals surface area (Å²) < 4.78 is 22.6. The quantitative estimate of drug-likeness (QED) is 0.692. The molecule has 1 atom stereocenters. The zero-order valence-corrected chi connectivity index (χ0v) is 10.4. The van der Waals surface area contributed by atoms with Gasteiger partial charge in [0.15, 0.2) is 9.84 Å². The molecule has 1 rings (SSSR count). The van der Waals surface area contributed by atoms with Gasteiger partial charge in [0, 0.05) is 12.6 Å². The van der Waals surface area contributed by atoms with Gasteiger partial charge in [-0.3, -0.25) is 4.79 Å². The maximum absolute atomic E-state index is 11.5. The molecule has 88 valence electrons. The van der Waals surface area contributed by atoms with E-state index in [4.69, 9.17) is 11.6 Å². The molecular formula is C9H16ClNO3S. The van der Waals surface area contributed by atoms with Crippen LogP contribution < -0.4 is 0 Å². The highest BCUT2D eigenvalue weighted by atomic mass is 35.5. The monoisotopic (exact) mass is 253 g/mol.